The van der Waals surface area contributed by atoms with Gasteiger partial charge in [0, 0.05) is 28.3 Å². The van der Waals surface area contributed by atoms with Crippen LogP contribution in [-0.4, -0.2) is 11.7 Å². The van der Waals surface area contributed by atoms with Crippen molar-refractivity contribution in [2.24, 2.45) is 5.41 Å². The summed E-state index contributed by atoms with van der Waals surface area (Å²) in [6, 6.07) is 0. The van der Waals surface area contributed by atoms with Crippen LogP contribution in [0, 0.1) is 5.41 Å². The van der Waals surface area contributed by atoms with E-state index in [9.17, 15) is 0 Å². The fraction of sp³-hybridized carbons (Fsp3) is 1.00. The van der Waals surface area contributed by atoms with Gasteiger partial charge in [-0.15, -0.1) is 0 Å². The largest absolute Gasteiger partial charge is 0.396 e. The summed E-state index contributed by atoms with van der Waals surface area (Å²) >= 11 is 0. The molecule has 0 aliphatic rings. The van der Waals surface area contributed by atoms with Crippen LogP contribution in [0.25, 0.3) is 0 Å². The summed E-state index contributed by atoms with van der Waals surface area (Å²) in [5.41, 5.74) is 0.0972. The molecule has 0 fully saturated rings. The zero-order valence-electron chi connectivity index (χ0n) is 5.15. The van der Waals surface area contributed by atoms with Crippen LogP contribution in [0.2, 0.25) is 0 Å². The molecule has 0 saturated heterocycles. The van der Waals surface area contributed by atoms with Crippen molar-refractivity contribution in [3.63, 3.8) is 0 Å². The van der Waals surface area contributed by atoms with E-state index in [1.165, 1.54) is 0 Å². The summed E-state index contributed by atoms with van der Waals surface area (Å²) in [6.45, 7) is 6.25. The smallest absolute Gasteiger partial charge is 0.0479 e. The van der Waals surface area contributed by atoms with E-state index >= 15 is 0 Å². The molecule has 1 nitrogen and oxygen atoms in total. The minimum absolute atomic E-state index is 0. The van der Waals surface area contributed by atoms with Gasteiger partial charge in [-0.25, -0.2) is 0 Å². The molecule has 0 saturated carbocycles. The van der Waals surface area contributed by atoms with Gasteiger partial charge in [0.1, 0.15) is 0 Å². The summed E-state index contributed by atoms with van der Waals surface area (Å²) in [7, 11) is 0. The Morgan fingerprint density at radius 3 is 1.43 bits per heavy atom. The van der Waals surface area contributed by atoms with Gasteiger partial charge in [-0.2, -0.15) is 0 Å². The number of rotatable bonds is 0. The number of hydrogen-bond acceptors (Lipinski definition) is 1. The molecule has 0 amide bonds. The molecule has 1 N–H and O–H groups in total. The minimum Gasteiger partial charge on any atom is -0.396 e. The standard InChI is InChI=1S/C5H12O.Ti/c1-5(2,3)4-6;/h6H,4H2,1-3H3;. The third-order valence-corrected chi connectivity index (χ3v) is 0.474. The summed E-state index contributed by atoms with van der Waals surface area (Å²) in [6.07, 6.45) is 0. The Kier molecular flexibility index (Phi) is 5.53. The molecule has 0 radical (unpaired) electrons. The minimum atomic E-state index is 0. The normalized spacial score (nSPS) is 10.3. The zero-order chi connectivity index (χ0) is 5.21. The molecule has 7 heavy (non-hydrogen) atoms. The Balaban J connectivity index is 0. The number of hydrogen-bond donors (Lipinski definition) is 1. The Bertz CT molecular complexity index is 37.8. The summed E-state index contributed by atoms with van der Waals surface area (Å²) in [5, 5.41) is 8.40. The first-order chi connectivity index (χ1) is 2.56. The van der Waals surface area contributed by atoms with Crippen molar-refractivity contribution in [2.75, 3.05) is 6.61 Å². The quantitative estimate of drug-likeness (QED) is 0.493. The molecular weight excluding hydrogens is 124 g/mol. The van der Waals surface area contributed by atoms with Gasteiger partial charge in [-0.3, -0.25) is 0 Å². The fourth-order valence-corrected chi connectivity index (χ4v) is 0. The van der Waals surface area contributed by atoms with Gasteiger partial charge in [0.05, 0.1) is 0 Å². The second-order valence-corrected chi connectivity index (χ2v) is 2.72. The second kappa shape index (κ2) is 3.65. The number of aliphatic hydroxyl groups excluding tert-OH is 1. The zero-order valence-corrected chi connectivity index (χ0v) is 6.72. The van der Waals surface area contributed by atoms with Crippen LogP contribution in [0.3, 0.4) is 0 Å². The van der Waals surface area contributed by atoms with Crippen LogP contribution in [0.4, 0.5) is 0 Å². The molecule has 0 aliphatic carbocycles. The van der Waals surface area contributed by atoms with E-state index in [-0.39, 0.29) is 33.7 Å². The third kappa shape index (κ3) is 10.8. The Morgan fingerprint density at radius 2 is 1.43 bits per heavy atom. The van der Waals surface area contributed by atoms with Crippen LogP contribution in [0.15, 0.2) is 0 Å². The summed E-state index contributed by atoms with van der Waals surface area (Å²) in [5.74, 6) is 0. The molecule has 0 aromatic heterocycles. The molecular formula is C5H12OTi. The molecule has 0 rings (SSSR count). The first-order valence-corrected chi connectivity index (χ1v) is 2.17. The first kappa shape index (κ1) is 10.6. The maximum atomic E-state index is 8.40. The van der Waals surface area contributed by atoms with E-state index in [1.54, 1.807) is 0 Å². The van der Waals surface area contributed by atoms with E-state index in [1.807, 2.05) is 20.8 Å². The van der Waals surface area contributed by atoms with Crippen molar-refractivity contribution < 1.29 is 26.8 Å². The van der Waals surface area contributed by atoms with Crippen molar-refractivity contribution in [2.45, 2.75) is 20.8 Å². The predicted octanol–water partition coefficient (Wildman–Crippen LogP) is 1.02. The summed E-state index contributed by atoms with van der Waals surface area (Å²) < 4.78 is 0. The molecule has 0 aromatic carbocycles. The van der Waals surface area contributed by atoms with Crippen LogP contribution in [-0.2, 0) is 21.7 Å². The van der Waals surface area contributed by atoms with Crippen molar-refractivity contribution >= 4 is 0 Å². The molecule has 0 aromatic rings. The maximum Gasteiger partial charge on any atom is 0.0479 e. The molecule has 0 aliphatic heterocycles. The van der Waals surface area contributed by atoms with Gasteiger partial charge in [0.2, 0.25) is 0 Å². The molecule has 2 heteroatoms. The van der Waals surface area contributed by atoms with E-state index in [4.69, 9.17) is 5.11 Å². The molecule has 0 atom stereocenters. The topological polar surface area (TPSA) is 20.2 Å². The summed E-state index contributed by atoms with van der Waals surface area (Å²) in [4.78, 5) is 0. The Morgan fingerprint density at radius 1 is 1.29 bits per heavy atom. The monoisotopic (exact) mass is 136 g/mol. The first-order valence-electron chi connectivity index (χ1n) is 2.17. The molecule has 42 valence electrons. The van der Waals surface area contributed by atoms with Crippen LogP contribution in [0.5, 0.6) is 0 Å². The van der Waals surface area contributed by atoms with Crippen molar-refractivity contribution in [3.05, 3.63) is 0 Å². The van der Waals surface area contributed by atoms with Gasteiger partial charge in [0.15, 0.2) is 0 Å². The molecule has 0 heterocycles. The van der Waals surface area contributed by atoms with Gasteiger partial charge < -0.3 is 5.11 Å². The van der Waals surface area contributed by atoms with Crippen molar-refractivity contribution in [1.82, 2.24) is 0 Å². The van der Waals surface area contributed by atoms with E-state index < -0.39 is 0 Å². The third-order valence-electron chi connectivity index (χ3n) is 0.474. The predicted molar refractivity (Wildman–Crippen MR) is 26.5 cm³/mol. The average molecular weight is 136 g/mol. The van der Waals surface area contributed by atoms with Gasteiger partial charge in [-0.1, -0.05) is 20.8 Å². The van der Waals surface area contributed by atoms with Crippen molar-refractivity contribution in [1.29, 1.82) is 0 Å². The SMILES string of the molecule is CC(C)(C)CO.[Ti]. The van der Waals surface area contributed by atoms with Gasteiger partial charge in [0.25, 0.3) is 0 Å². The molecule has 0 unspecified atom stereocenters. The van der Waals surface area contributed by atoms with Gasteiger partial charge >= 0.3 is 0 Å². The Hall–Kier alpha value is 0.674. The number of aliphatic hydroxyl groups is 1. The van der Waals surface area contributed by atoms with Crippen LogP contribution in [0.1, 0.15) is 20.8 Å². The van der Waals surface area contributed by atoms with E-state index in [0.717, 1.165) is 0 Å². The molecule has 0 bridgehead atoms. The van der Waals surface area contributed by atoms with Crippen molar-refractivity contribution in [3.8, 4) is 0 Å². The van der Waals surface area contributed by atoms with E-state index in [0.29, 0.717) is 0 Å². The molecule has 0 spiro atoms. The van der Waals surface area contributed by atoms with Gasteiger partial charge in [-0.05, 0) is 5.41 Å². The van der Waals surface area contributed by atoms with Crippen LogP contribution >= 0.6 is 0 Å². The van der Waals surface area contributed by atoms with Crippen LogP contribution < -0.4 is 0 Å². The average Bonchev–Trinajstić information content (AvgIpc) is 1.35. The second-order valence-electron chi connectivity index (χ2n) is 2.72. The Labute approximate surface area is 60.0 Å². The maximum absolute atomic E-state index is 8.40. The van der Waals surface area contributed by atoms with E-state index in [2.05, 4.69) is 0 Å². The fourth-order valence-electron chi connectivity index (χ4n) is 0.